The molecular weight excluding hydrogens is 374 g/mol. The minimum absolute atomic E-state index is 0.0544. The second kappa shape index (κ2) is 13.4. The molecule has 0 aromatic rings. The summed E-state index contributed by atoms with van der Waals surface area (Å²) in [5.41, 5.74) is 0. The lowest BCUT2D eigenvalue weighted by molar-refractivity contribution is -0.122. The molecule has 2 amide bonds. The zero-order valence-electron chi connectivity index (χ0n) is 13.6. The van der Waals surface area contributed by atoms with Crippen LogP contribution in [0.2, 0.25) is 0 Å². The maximum Gasteiger partial charge on any atom is 0.266 e. The van der Waals surface area contributed by atoms with Crippen LogP contribution in [0.3, 0.4) is 0 Å². The van der Waals surface area contributed by atoms with Crippen LogP contribution >= 0.6 is 21.6 Å². The molecular formula is C13H23N3O5S3. The summed E-state index contributed by atoms with van der Waals surface area (Å²) in [4.78, 5) is 23.1. The fourth-order valence-electron chi connectivity index (χ4n) is 1.41. The zero-order chi connectivity index (χ0) is 18.4. The number of nitrogens with one attached hydrogen (secondary N) is 3. The molecule has 0 aromatic heterocycles. The molecule has 0 aliphatic carbocycles. The van der Waals surface area contributed by atoms with E-state index in [9.17, 15) is 18.0 Å². The second-order valence-electron chi connectivity index (χ2n) is 4.48. The third-order valence-electron chi connectivity index (χ3n) is 2.57. The molecule has 0 saturated carbocycles. The smallest absolute Gasteiger partial charge is 0.266 e. The average molecular weight is 398 g/mol. The predicted octanol–water partition coefficient (Wildman–Crippen LogP) is -0.511. The molecule has 1 atom stereocenters. The Labute approximate surface area is 150 Å². The first-order valence-electron chi connectivity index (χ1n) is 7.11. The number of carbonyl (C=O) groups excluding carboxylic acids is 2. The van der Waals surface area contributed by atoms with Gasteiger partial charge in [0.25, 0.3) is 10.1 Å². The van der Waals surface area contributed by atoms with Crippen LogP contribution in [0.15, 0.2) is 0 Å². The van der Waals surface area contributed by atoms with E-state index in [4.69, 9.17) is 4.55 Å². The quantitative estimate of drug-likeness (QED) is 0.150. The Morgan fingerprint density at radius 2 is 1.88 bits per heavy atom. The van der Waals surface area contributed by atoms with Crippen LogP contribution in [-0.2, 0) is 19.7 Å². The van der Waals surface area contributed by atoms with Gasteiger partial charge in [-0.1, -0.05) is 27.5 Å². The van der Waals surface area contributed by atoms with Gasteiger partial charge in [0.05, 0.1) is 12.3 Å². The highest BCUT2D eigenvalue weighted by Crippen LogP contribution is 2.20. The second-order valence-corrected chi connectivity index (χ2v) is 8.68. The number of hydrogen-bond acceptors (Lipinski definition) is 7. The molecule has 4 N–H and O–H groups in total. The third-order valence-corrected chi connectivity index (χ3v) is 5.74. The van der Waals surface area contributed by atoms with Crippen molar-refractivity contribution in [2.75, 3.05) is 37.4 Å². The molecule has 0 bridgehead atoms. The molecule has 0 aliphatic heterocycles. The summed E-state index contributed by atoms with van der Waals surface area (Å²) >= 11 is 0. The van der Waals surface area contributed by atoms with E-state index in [2.05, 4.69) is 27.8 Å². The highest BCUT2D eigenvalue weighted by Gasteiger charge is 2.22. The molecule has 138 valence electrons. The lowest BCUT2D eigenvalue weighted by atomic mass is 10.3. The molecule has 0 fully saturated rings. The summed E-state index contributed by atoms with van der Waals surface area (Å²) in [6.45, 7) is 2.42. The molecule has 0 aliphatic rings. The standard InChI is InChI=1S/C13H23N3O5S3/c1-3-4-6-15-12(17)5-8-22-23-9-7-16-13(18)11(14-2)10-24(19,20)21/h11,14H,5-10H2,1-2H3,(H,15,17)(H,16,18)(H,19,20,21). The SMILES string of the molecule is CC#CCNC(=O)CCSSCCNC(=O)C(CS(=O)(=O)O)NC. The van der Waals surface area contributed by atoms with Gasteiger partial charge in [-0.3, -0.25) is 14.1 Å². The van der Waals surface area contributed by atoms with E-state index in [1.165, 1.54) is 28.6 Å². The highest BCUT2D eigenvalue weighted by molar-refractivity contribution is 8.76. The summed E-state index contributed by atoms with van der Waals surface area (Å²) in [6.07, 6.45) is 0.394. The van der Waals surface area contributed by atoms with E-state index in [0.717, 1.165) is 0 Å². The largest absolute Gasteiger partial charge is 0.354 e. The van der Waals surface area contributed by atoms with E-state index in [1.54, 1.807) is 6.92 Å². The van der Waals surface area contributed by atoms with Gasteiger partial charge in [-0.2, -0.15) is 8.42 Å². The summed E-state index contributed by atoms with van der Waals surface area (Å²) in [5, 5.41) is 7.79. The van der Waals surface area contributed by atoms with E-state index >= 15 is 0 Å². The normalized spacial score (nSPS) is 12.0. The van der Waals surface area contributed by atoms with Crippen LogP contribution in [0, 0.1) is 11.8 Å². The minimum atomic E-state index is -4.22. The number of hydrogen-bond donors (Lipinski definition) is 4. The van der Waals surface area contributed by atoms with Crippen LogP contribution in [-0.4, -0.2) is 68.2 Å². The summed E-state index contributed by atoms with van der Waals surface area (Å²) < 4.78 is 30.3. The van der Waals surface area contributed by atoms with Gasteiger partial charge in [-0.25, -0.2) is 0 Å². The average Bonchev–Trinajstić information content (AvgIpc) is 2.50. The number of likely N-dealkylation sites (N-methyl/N-ethyl adjacent to an activating group) is 1. The van der Waals surface area contributed by atoms with Crippen molar-refractivity contribution in [3.63, 3.8) is 0 Å². The van der Waals surface area contributed by atoms with Crippen molar-refractivity contribution in [3.8, 4) is 11.8 Å². The van der Waals surface area contributed by atoms with Gasteiger partial charge in [-0.05, 0) is 14.0 Å². The molecule has 0 saturated heterocycles. The van der Waals surface area contributed by atoms with Crippen molar-refractivity contribution in [2.45, 2.75) is 19.4 Å². The van der Waals surface area contributed by atoms with Crippen LogP contribution in [0.1, 0.15) is 13.3 Å². The van der Waals surface area contributed by atoms with E-state index < -0.39 is 27.8 Å². The Kier molecular flexibility index (Phi) is 12.9. The fraction of sp³-hybridized carbons (Fsp3) is 0.692. The number of amides is 2. The highest BCUT2D eigenvalue weighted by atomic mass is 33.1. The minimum Gasteiger partial charge on any atom is -0.354 e. The zero-order valence-corrected chi connectivity index (χ0v) is 16.1. The summed E-state index contributed by atoms with van der Waals surface area (Å²) in [6, 6.07) is -0.993. The first-order valence-corrected chi connectivity index (χ1v) is 11.2. The Morgan fingerprint density at radius 3 is 2.46 bits per heavy atom. The van der Waals surface area contributed by atoms with Crippen molar-refractivity contribution in [3.05, 3.63) is 0 Å². The Balaban J connectivity index is 3.72. The van der Waals surface area contributed by atoms with Crippen molar-refractivity contribution in [1.29, 1.82) is 0 Å². The van der Waals surface area contributed by atoms with E-state index in [-0.39, 0.29) is 5.91 Å². The van der Waals surface area contributed by atoms with E-state index in [0.29, 0.717) is 31.0 Å². The summed E-state index contributed by atoms with van der Waals surface area (Å²) in [5.74, 6) is 5.47. The van der Waals surface area contributed by atoms with Gasteiger partial charge in [0.15, 0.2) is 0 Å². The fourth-order valence-corrected chi connectivity index (χ4v) is 4.05. The Hall–Kier alpha value is -0.930. The maximum absolute atomic E-state index is 11.7. The Morgan fingerprint density at radius 1 is 1.21 bits per heavy atom. The Bertz CT molecular complexity index is 557. The molecule has 11 heteroatoms. The van der Waals surface area contributed by atoms with E-state index in [1.807, 2.05) is 0 Å². The third kappa shape index (κ3) is 13.5. The van der Waals surface area contributed by atoms with Gasteiger partial charge >= 0.3 is 0 Å². The topological polar surface area (TPSA) is 125 Å². The van der Waals surface area contributed by atoms with Crippen molar-refractivity contribution in [2.24, 2.45) is 0 Å². The van der Waals surface area contributed by atoms with Gasteiger partial charge in [0.1, 0.15) is 6.04 Å². The molecule has 0 spiro atoms. The molecule has 0 rings (SSSR count). The first kappa shape index (κ1) is 23.1. The molecule has 1 unspecified atom stereocenters. The van der Waals surface area contributed by atoms with Gasteiger partial charge in [0.2, 0.25) is 11.8 Å². The monoisotopic (exact) mass is 397 g/mol. The number of carbonyl (C=O) groups is 2. The van der Waals surface area contributed by atoms with Crippen LogP contribution in [0.5, 0.6) is 0 Å². The van der Waals surface area contributed by atoms with Crippen molar-refractivity contribution < 1.29 is 22.6 Å². The van der Waals surface area contributed by atoms with Crippen LogP contribution < -0.4 is 16.0 Å². The molecule has 0 heterocycles. The molecule has 0 radical (unpaired) electrons. The lowest BCUT2D eigenvalue weighted by Crippen LogP contribution is -2.47. The van der Waals surface area contributed by atoms with Gasteiger partial charge in [0, 0.05) is 24.5 Å². The molecule has 0 aromatic carbocycles. The van der Waals surface area contributed by atoms with Crippen LogP contribution in [0.25, 0.3) is 0 Å². The maximum atomic E-state index is 11.7. The molecule has 24 heavy (non-hydrogen) atoms. The summed E-state index contributed by atoms with van der Waals surface area (Å²) in [7, 11) is 0.240. The van der Waals surface area contributed by atoms with Crippen molar-refractivity contribution in [1.82, 2.24) is 16.0 Å². The lowest BCUT2D eigenvalue weighted by Gasteiger charge is -2.14. The predicted molar refractivity (Wildman–Crippen MR) is 98.3 cm³/mol. The molecule has 8 nitrogen and oxygen atoms in total. The van der Waals surface area contributed by atoms with Crippen LogP contribution in [0.4, 0.5) is 0 Å². The van der Waals surface area contributed by atoms with Crippen molar-refractivity contribution >= 4 is 43.5 Å². The van der Waals surface area contributed by atoms with Gasteiger partial charge in [-0.15, -0.1) is 5.92 Å². The van der Waals surface area contributed by atoms with Gasteiger partial charge < -0.3 is 16.0 Å². The first-order chi connectivity index (χ1) is 11.3. The number of rotatable bonds is 12.